The second-order valence-electron chi connectivity index (χ2n) is 2.57. The van der Waals surface area contributed by atoms with Gasteiger partial charge in [0.1, 0.15) is 0 Å². The Hall–Kier alpha value is -0.550. The summed E-state index contributed by atoms with van der Waals surface area (Å²) in [7, 11) is 0. The lowest BCUT2D eigenvalue weighted by Gasteiger charge is -2.05. The number of halogens is 4. The quantitative estimate of drug-likeness (QED) is 0.799. The first kappa shape index (κ1) is 11.5. The molecule has 0 aliphatic rings. The Morgan fingerprint density at radius 1 is 1.57 bits per heavy atom. The smallest absolute Gasteiger partial charge is 0.291 e. The lowest BCUT2D eigenvalue weighted by Crippen LogP contribution is -2.23. The average Bonchev–Trinajstić information content (AvgIpc) is 2.07. The van der Waals surface area contributed by atoms with Crippen LogP contribution in [-0.2, 0) is 11.2 Å². The van der Waals surface area contributed by atoms with E-state index in [0.29, 0.717) is 4.47 Å². The molecule has 2 nitrogen and oxygen atoms in total. The van der Waals surface area contributed by atoms with Crippen LogP contribution in [0.1, 0.15) is 5.69 Å². The van der Waals surface area contributed by atoms with E-state index in [4.69, 9.17) is 0 Å². The first-order valence-electron chi connectivity index (χ1n) is 3.60. The van der Waals surface area contributed by atoms with Crippen LogP contribution in [0, 0.1) is 0 Å². The highest BCUT2D eigenvalue weighted by atomic mass is 79.9. The maximum atomic E-state index is 12.3. The van der Waals surface area contributed by atoms with Crippen LogP contribution in [0.3, 0.4) is 0 Å². The largest absolute Gasteiger partial charge is 0.380 e. The highest BCUT2D eigenvalue weighted by Crippen LogP contribution is 2.21. The van der Waals surface area contributed by atoms with Crippen molar-refractivity contribution in [1.82, 2.24) is 4.98 Å². The number of nitrogens with zero attached hydrogens (tertiary/aromatic N) is 1. The SMILES string of the molecule is O=C(Cc1ccc(Br)cn1)C(F)(F)Cl. The Morgan fingerprint density at radius 3 is 2.64 bits per heavy atom. The normalized spacial score (nSPS) is 11.4. The fraction of sp³-hybridized carbons (Fsp3) is 0.250. The van der Waals surface area contributed by atoms with Gasteiger partial charge in [-0.05, 0) is 39.7 Å². The molecule has 1 aromatic heterocycles. The third kappa shape index (κ3) is 3.31. The highest BCUT2D eigenvalue weighted by Gasteiger charge is 2.35. The van der Waals surface area contributed by atoms with Crippen molar-refractivity contribution in [1.29, 1.82) is 0 Å². The van der Waals surface area contributed by atoms with Crippen molar-refractivity contribution in [2.24, 2.45) is 0 Å². The molecule has 1 heterocycles. The summed E-state index contributed by atoms with van der Waals surface area (Å²) in [5, 5.41) is -3.81. The van der Waals surface area contributed by atoms with E-state index in [1.165, 1.54) is 12.3 Å². The van der Waals surface area contributed by atoms with Crippen molar-refractivity contribution in [3.8, 4) is 0 Å². The first-order valence-corrected chi connectivity index (χ1v) is 4.77. The van der Waals surface area contributed by atoms with E-state index in [-0.39, 0.29) is 5.69 Å². The average molecular weight is 284 g/mol. The van der Waals surface area contributed by atoms with Crippen LogP contribution in [0.2, 0.25) is 0 Å². The van der Waals surface area contributed by atoms with Crippen molar-refractivity contribution in [2.75, 3.05) is 0 Å². The Balaban J connectivity index is 2.71. The summed E-state index contributed by atoms with van der Waals surface area (Å²) in [4.78, 5) is 14.6. The number of hydrogen-bond donors (Lipinski definition) is 0. The zero-order valence-electron chi connectivity index (χ0n) is 6.81. The monoisotopic (exact) mass is 283 g/mol. The van der Waals surface area contributed by atoms with E-state index in [0.717, 1.165) is 0 Å². The number of alkyl halides is 3. The molecule has 0 atom stereocenters. The van der Waals surface area contributed by atoms with Crippen LogP contribution in [0.25, 0.3) is 0 Å². The van der Waals surface area contributed by atoms with E-state index in [1.54, 1.807) is 6.07 Å². The van der Waals surface area contributed by atoms with Gasteiger partial charge in [0.15, 0.2) is 0 Å². The van der Waals surface area contributed by atoms with Crippen molar-refractivity contribution < 1.29 is 13.6 Å². The maximum Gasteiger partial charge on any atom is 0.380 e. The fourth-order valence-corrected chi connectivity index (χ4v) is 1.08. The molecule has 0 spiro atoms. The molecule has 0 unspecified atom stereocenters. The van der Waals surface area contributed by atoms with Gasteiger partial charge in [-0.1, -0.05) is 0 Å². The Kier molecular flexibility index (Phi) is 3.55. The fourth-order valence-electron chi connectivity index (χ4n) is 0.776. The molecule has 1 rings (SSSR count). The standard InChI is InChI=1S/C8H5BrClF2NO/c9-5-1-2-6(13-4-5)3-7(14)8(10,11)12/h1-2,4H,3H2. The van der Waals surface area contributed by atoms with Gasteiger partial charge in [-0.2, -0.15) is 8.78 Å². The Labute approximate surface area is 92.4 Å². The highest BCUT2D eigenvalue weighted by molar-refractivity contribution is 9.10. The van der Waals surface area contributed by atoms with Gasteiger partial charge in [0.2, 0.25) is 5.78 Å². The van der Waals surface area contributed by atoms with Crippen LogP contribution >= 0.6 is 27.5 Å². The van der Waals surface area contributed by atoms with E-state index in [9.17, 15) is 13.6 Å². The molecule has 76 valence electrons. The third-order valence-electron chi connectivity index (χ3n) is 1.45. The van der Waals surface area contributed by atoms with Crippen LogP contribution < -0.4 is 0 Å². The Bertz CT molecular complexity index is 336. The summed E-state index contributed by atoms with van der Waals surface area (Å²) in [6.07, 6.45) is 0.957. The molecule has 0 aliphatic heterocycles. The van der Waals surface area contributed by atoms with Gasteiger partial charge < -0.3 is 0 Å². The molecule has 0 radical (unpaired) electrons. The second kappa shape index (κ2) is 4.31. The summed E-state index contributed by atoms with van der Waals surface area (Å²) in [6, 6.07) is 3.09. The van der Waals surface area contributed by atoms with Crippen LogP contribution in [0.4, 0.5) is 8.78 Å². The lowest BCUT2D eigenvalue weighted by molar-refractivity contribution is -0.132. The summed E-state index contributed by atoms with van der Waals surface area (Å²) in [5.74, 6) is -1.35. The summed E-state index contributed by atoms with van der Waals surface area (Å²) in [6.45, 7) is 0. The second-order valence-corrected chi connectivity index (χ2v) is 3.96. The maximum absolute atomic E-state index is 12.3. The zero-order valence-corrected chi connectivity index (χ0v) is 9.15. The van der Waals surface area contributed by atoms with Gasteiger partial charge in [0, 0.05) is 16.4 Å². The minimum absolute atomic E-state index is 0.263. The third-order valence-corrected chi connectivity index (χ3v) is 2.13. The van der Waals surface area contributed by atoms with E-state index in [1.807, 2.05) is 0 Å². The molecule has 0 fully saturated rings. The van der Waals surface area contributed by atoms with Gasteiger partial charge in [0.05, 0.1) is 6.42 Å². The summed E-state index contributed by atoms with van der Waals surface area (Å²) >= 11 is 7.67. The molecule has 14 heavy (non-hydrogen) atoms. The Morgan fingerprint density at radius 2 is 2.21 bits per heavy atom. The molecular formula is C8H5BrClF2NO. The molecule has 0 aliphatic carbocycles. The molecule has 0 aromatic carbocycles. The number of Topliss-reactive ketones (excluding diaryl/α,β-unsaturated/α-hetero) is 1. The van der Waals surface area contributed by atoms with Crippen LogP contribution in [0.5, 0.6) is 0 Å². The van der Waals surface area contributed by atoms with Crippen LogP contribution in [-0.4, -0.2) is 16.1 Å². The van der Waals surface area contributed by atoms with Gasteiger partial charge in [-0.25, -0.2) is 0 Å². The first-order chi connectivity index (χ1) is 6.39. The van der Waals surface area contributed by atoms with Gasteiger partial charge in [-0.15, -0.1) is 0 Å². The molecule has 0 bridgehead atoms. The molecular weight excluding hydrogens is 279 g/mol. The molecule has 0 saturated heterocycles. The minimum atomic E-state index is -3.81. The van der Waals surface area contributed by atoms with E-state index < -0.39 is 17.6 Å². The van der Waals surface area contributed by atoms with Crippen molar-refractivity contribution >= 4 is 33.3 Å². The number of rotatable bonds is 3. The zero-order chi connectivity index (χ0) is 10.8. The summed E-state index contributed by atoms with van der Waals surface area (Å²) in [5.41, 5.74) is 0.263. The van der Waals surface area contributed by atoms with Gasteiger partial charge in [0.25, 0.3) is 0 Å². The van der Waals surface area contributed by atoms with Crippen LogP contribution in [0.15, 0.2) is 22.8 Å². The van der Waals surface area contributed by atoms with E-state index in [2.05, 4.69) is 32.5 Å². The predicted molar refractivity (Wildman–Crippen MR) is 51.4 cm³/mol. The van der Waals surface area contributed by atoms with Crippen molar-refractivity contribution in [3.05, 3.63) is 28.5 Å². The summed E-state index contributed by atoms with van der Waals surface area (Å²) < 4.78 is 25.2. The number of carbonyl (C=O) groups is 1. The van der Waals surface area contributed by atoms with Crippen molar-refractivity contribution in [2.45, 2.75) is 11.8 Å². The number of pyridine rings is 1. The van der Waals surface area contributed by atoms with Gasteiger partial charge in [-0.3, -0.25) is 9.78 Å². The lowest BCUT2D eigenvalue weighted by atomic mass is 10.2. The minimum Gasteiger partial charge on any atom is -0.291 e. The van der Waals surface area contributed by atoms with Gasteiger partial charge >= 0.3 is 5.38 Å². The van der Waals surface area contributed by atoms with Crippen molar-refractivity contribution in [3.63, 3.8) is 0 Å². The molecule has 6 heteroatoms. The topological polar surface area (TPSA) is 30.0 Å². The molecule has 1 aromatic rings. The number of carbonyl (C=O) groups excluding carboxylic acids is 1. The predicted octanol–water partition coefficient (Wildman–Crippen LogP) is 2.79. The number of ketones is 1. The molecule has 0 saturated carbocycles. The number of hydrogen-bond acceptors (Lipinski definition) is 2. The molecule has 0 N–H and O–H groups in total. The molecule has 0 amide bonds. The van der Waals surface area contributed by atoms with E-state index >= 15 is 0 Å². The number of aromatic nitrogens is 1.